The first kappa shape index (κ1) is 17.8. The Labute approximate surface area is 140 Å². The maximum Gasteiger partial charge on any atom is 0.263 e. The average Bonchev–Trinajstić information content (AvgIpc) is 2.54. The molecule has 1 fully saturated rings. The molecule has 1 amide bonds. The summed E-state index contributed by atoms with van der Waals surface area (Å²) in [4.78, 5) is 16.8. The largest absolute Gasteiger partial charge is 0.481 e. The molecule has 1 atom stereocenters. The third kappa shape index (κ3) is 4.71. The molecule has 1 aliphatic rings. The van der Waals surface area contributed by atoms with Gasteiger partial charge in [0, 0.05) is 13.1 Å². The Bertz CT molecular complexity index is 522. The van der Waals surface area contributed by atoms with Crippen molar-refractivity contribution >= 4 is 5.91 Å². The summed E-state index contributed by atoms with van der Waals surface area (Å²) in [6.45, 7) is 8.25. The lowest BCUT2D eigenvalue weighted by molar-refractivity contribution is -0.139. The lowest BCUT2D eigenvalue weighted by Gasteiger charge is -2.36. The zero-order chi connectivity index (χ0) is 17.0. The molecule has 0 aromatic heterocycles. The first-order chi connectivity index (χ1) is 10.9. The average molecular weight is 318 g/mol. The van der Waals surface area contributed by atoms with Crippen LogP contribution in [-0.4, -0.2) is 55.0 Å². The molecule has 0 spiro atoms. The van der Waals surface area contributed by atoms with Gasteiger partial charge in [-0.15, -0.1) is 0 Å². The third-order valence-corrected chi connectivity index (χ3v) is 4.77. The number of hydrogen-bond acceptors (Lipinski definition) is 3. The summed E-state index contributed by atoms with van der Waals surface area (Å²) in [5, 5.41) is 0. The highest BCUT2D eigenvalue weighted by molar-refractivity contribution is 5.81. The number of hydrogen-bond donors (Lipinski definition) is 0. The normalized spacial score (nSPS) is 18.0. The van der Waals surface area contributed by atoms with Gasteiger partial charge < -0.3 is 14.5 Å². The number of carbonyl (C=O) groups excluding carboxylic acids is 1. The lowest BCUT2D eigenvalue weighted by Crippen LogP contribution is -2.48. The van der Waals surface area contributed by atoms with Gasteiger partial charge in [-0.25, -0.2) is 0 Å². The molecule has 23 heavy (non-hydrogen) atoms. The first-order valence-corrected chi connectivity index (χ1v) is 8.60. The number of nitrogens with zero attached hydrogens (tertiary/aromatic N) is 2. The third-order valence-electron chi connectivity index (χ3n) is 4.77. The number of amides is 1. The summed E-state index contributed by atoms with van der Waals surface area (Å²) >= 11 is 0. The van der Waals surface area contributed by atoms with Crippen LogP contribution in [-0.2, 0) is 4.79 Å². The van der Waals surface area contributed by atoms with Crippen LogP contribution in [0.1, 0.15) is 45.1 Å². The zero-order valence-corrected chi connectivity index (χ0v) is 15.1. The van der Waals surface area contributed by atoms with Crippen LogP contribution in [0.3, 0.4) is 0 Å². The van der Waals surface area contributed by atoms with Crippen LogP contribution in [0.2, 0.25) is 0 Å². The summed E-state index contributed by atoms with van der Waals surface area (Å²) in [6.07, 6.45) is 1.62. The molecule has 0 N–H and O–H groups in total. The number of carbonyl (C=O) groups is 1. The number of benzene rings is 1. The summed E-state index contributed by atoms with van der Waals surface area (Å²) in [5.74, 6) is 1.29. The molecule has 1 aromatic rings. The molecule has 0 radical (unpaired) electrons. The number of ether oxygens (including phenoxy) is 1. The highest BCUT2D eigenvalue weighted by Crippen LogP contribution is 2.22. The summed E-state index contributed by atoms with van der Waals surface area (Å²) in [7, 11) is 4.04. The van der Waals surface area contributed by atoms with Gasteiger partial charge in [0.05, 0.1) is 0 Å². The summed E-state index contributed by atoms with van der Waals surface area (Å²) < 4.78 is 5.90. The molecule has 1 heterocycles. The van der Waals surface area contributed by atoms with E-state index in [1.165, 1.54) is 5.56 Å². The molecule has 0 saturated carbocycles. The van der Waals surface area contributed by atoms with Crippen LogP contribution in [0.25, 0.3) is 0 Å². The summed E-state index contributed by atoms with van der Waals surface area (Å²) in [6, 6.07) is 8.36. The fraction of sp³-hybridized carbons (Fsp3) is 0.632. The number of likely N-dealkylation sites (tertiary alicyclic amines) is 1. The van der Waals surface area contributed by atoms with E-state index < -0.39 is 6.10 Å². The van der Waals surface area contributed by atoms with Crippen molar-refractivity contribution < 1.29 is 9.53 Å². The second kappa shape index (κ2) is 7.82. The molecule has 2 rings (SSSR count). The second-order valence-electron chi connectivity index (χ2n) is 6.97. The first-order valence-electron chi connectivity index (χ1n) is 8.60. The maximum absolute atomic E-state index is 12.6. The van der Waals surface area contributed by atoms with E-state index in [2.05, 4.69) is 31.9 Å². The topological polar surface area (TPSA) is 32.8 Å². The monoisotopic (exact) mass is 318 g/mol. The minimum Gasteiger partial charge on any atom is -0.481 e. The van der Waals surface area contributed by atoms with E-state index in [0.29, 0.717) is 12.0 Å². The molecule has 1 aliphatic heterocycles. The van der Waals surface area contributed by atoms with Crippen LogP contribution in [0, 0.1) is 0 Å². The van der Waals surface area contributed by atoms with Crippen LogP contribution in [0.4, 0.5) is 0 Å². The molecular formula is C19H30N2O2. The van der Waals surface area contributed by atoms with Gasteiger partial charge in [-0.1, -0.05) is 26.0 Å². The van der Waals surface area contributed by atoms with Crippen LogP contribution in [0.15, 0.2) is 24.3 Å². The molecule has 0 bridgehead atoms. The molecule has 0 aliphatic carbocycles. The predicted octanol–water partition coefficient (Wildman–Crippen LogP) is 3.13. The standard InChI is InChI=1S/C19H30N2O2/c1-14(2)16-7-6-8-18(13-16)23-15(3)19(22)21(5)17-9-11-20(4)12-10-17/h6-8,13-15,17H,9-12H2,1-5H3/t15-/m0/s1. The highest BCUT2D eigenvalue weighted by atomic mass is 16.5. The number of piperidine rings is 1. The SMILES string of the molecule is CC(C)c1cccc(O[C@@H](C)C(=O)N(C)C2CCN(C)CC2)c1. The molecule has 0 unspecified atom stereocenters. The van der Waals surface area contributed by atoms with Crippen LogP contribution < -0.4 is 4.74 Å². The molecule has 128 valence electrons. The van der Waals surface area contributed by atoms with E-state index in [9.17, 15) is 4.79 Å². The van der Waals surface area contributed by atoms with Crippen molar-refractivity contribution in [2.75, 3.05) is 27.2 Å². The van der Waals surface area contributed by atoms with Crippen molar-refractivity contribution in [2.24, 2.45) is 0 Å². The zero-order valence-electron chi connectivity index (χ0n) is 15.1. The van der Waals surface area contributed by atoms with Gasteiger partial charge >= 0.3 is 0 Å². The Hall–Kier alpha value is -1.55. The van der Waals surface area contributed by atoms with Gasteiger partial charge in [0.2, 0.25) is 0 Å². The fourth-order valence-electron chi connectivity index (χ4n) is 3.05. The van der Waals surface area contributed by atoms with Crippen LogP contribution >= 0.6 is 0 Å². The van der Waals surface area contributed by atoms with E-state index in [1.54, 1.807) is 0 Å². The quantitative estimate of drug-likeness (QED) is 0.836. The van der Waals surface area contributed by atoms with E-state index in [-0.39, 0.29) is 5.91 Å². The van der Waals surface area contributed by atoms with E-state index in [4.69, 9.17) is 4.74 Å². The fourth-order valence-corrected chi connectivity index (χ4v) is 3.05. The maximum atomic E-state index is 12.6. The van der Waals surface area contributed by atoms with Gasteiger partial charge in [-0.2, -0.15) is 0 Å². The van der Waals surface area contributed by atoms with E-state index in [1.807, 2.05) is 37.1 Å². The number of likely N-dealkylation sites (N-methyl/N-ethyl adjacent to an activating group) is 1. The minimum absolute atomic E-state index is 0.0644. The molecule has 4 nitrogen and oxygen atoms in total. The summed E-state index contributed by atoms with van der Waals surface area (Å²) in [5.41, 5.74) is 1.23. The van der Waals surface area contributed by atoms with Gasteiger partial charge in [-0.3, -0.25) is 4.79 Å². The van der Waals surface area contributed by atoms with Gasteiger partial charge in [0.1, 0.15) is 5.75 Å². The van der Waals surface area contributed by atoms with Crippen molar-refractivity contribution in [1.82, 2.24) is 9.80 Å². The van der Waals surface area contributed by atoms with Crippen molar-refractivity contribution in [1.29, 1.82) is 0 Å². The van der Waals surface area contributed by atoms with Crippen molar-refractivity contribution in [3.8, 4) is 5.75 Å². The minimum atomic E-state index is -0.456. The van der Waals surface area contributed by atoms with Gasteiger partial charge in [0.25, 0.3) is 5.91 Å². The Kier molecular flexibility index (Phi) is 6.05. The van der Waals surface area contributed by atoms with Gasteiger partial charge in [-0.05, 0) is 63.5 Å². The Morgan fingerprint density at radius 1 is 1.26 bits per heavy atom. The van der Waals surface area contributed by atoms with Gasteiger partial charge in [0.15, 0.2) is 6.10 Å². The Balaban J connectivity index is 1.95. The predicted molar refractivity (Wildman–Crippen MR) is 93.9 cm³/mol. The molecule has 1 saturated heterocycles. The van der Waals surface area contributed by atoms with E-state index >= 15 is 0 Å². The number of rotatable bonds is 5. The van der Waals surface area contributed by atoms with Crippen molar-refractivity contribution in [3.05, 3.63) is 29.8 Å². The van der Waals surface area contributed by atoms with Crippen molar-refractivity contribution in [2.45, 2.75) is 51.7 Å². The molecular weight excluding hydrogens is 288 g/mol. The second-order valence-corrected chi connectivity index (χ2v) is 6.97. The molecule has 1 aromatic carbocycles. The van der Waals surface area contributed by atoms with Crippen LogP contribution in [0.5, 0.6) is 5.75 Å². The van der Waals surface area contributed by atoms with Crippen molar-refractivity contribution in [3.63, 3.8) is 0 Å². The molecule has 4 heteroatoms. The lowest BCUT2D eigenvalue weighted by atomic mass is 10.0. The Morgan fingerprint density at radius 3 is 2.52 bits per heavy atom. The highest BCUT2D eigenvalue weighted by Gasteiger charge is 2.27. The smallest absolute Gasteiger partial charge is 0.263 e. The Morgan fingerprint density at radius 2 is 1.91 bits per heavy atom. The van der Waals surface area contributed by atoms with E-state index in [0.717, 1.165) is 31.7 Å².